The molecule has 0 bridgehead atoms. The van der Waals surface area contributed by atoms with E-state index in [9.17, 15) is 4.79 Å². The van der Waals surface area contributed by atoms with Crippen molar-refractivity contribution in [3.8, 4) is 11.1 Å². The molecular weight excluding hydrogens is 310 g/mol. The van der Waals surface area contributed by atoms with Gasteiger partial charge in [-0.2, -0.15) is 0 Å². The molecule has 1 heterocycles. The van der Waals surface area contributed by atoms with Gasteiger partial charge in [0.1, 0.15) is 0 Å². The first kappa shape index (κ1) is 17.0. The fourth-order valence-electron chi connectivity index (χ4n) is 2.88. The van der Waals surface area contributed by atoms with Crippen molar-refractivity contribution in [3.63, 3.8) is 0 Å². The summed E-state index contributed by atoms with van der Waals surface area (Å²) in [6.07, 6.45) is 3.67. The molecule has 0 aliphatic carbocycles. The Hall–Kier alpha value is -2.88. The van der Waals surface area contributed by atoms with Crippen LogP contribution in [-0.2, 0) is 6.54 Å². The maximum Gasteiger partial charge on any atom is 0.315 e. The standard InChI is InChI=1S/C21H23N3O/c1-14(2)24-21(25)23-12-17-8-9-18(16-6-4-15(3)5-7-16)19-10-11-22-13-20(17)19/h4-11,13-14H,12H2,1-3H3,(H2,23,24,25). The molecule has 2 amide bonds. The number of nitrogens with zero attached hydrogens (tertiary/aromatic N) is 1. The van der Waals surface area contributed by atoms with E-state index >= 15 is 0 Å². The molecule has 128 valence electrons. The van der Waals surface area contributed by atoms with E-state index in [0.29, 0.717) is 6.54 Å². The quantitative estimate of drug-likeness (QED) is 0.742. The summed E-state index contributed by atoms with van der Waals surface area (Å²) in [4.78, 5) is 16.1. The molecule has 3 aromatic rings. The van der Waals surface area contributed by atoms with Gasteiger partial charge in [-0.1, -0.05) is 42.0 Å². The van der Waals surface area contributed by atoms with Crippen molar-refractivity contribution in [2.45, 2.75) is 33.4 Å². The number of aromatic nitrogens is 1. The van der Waals surface area contributed by atoms with Crippen molar-refractivity contribution in [1.29, 1.82) is 0 Å². The lowest BCUT2D eigenvalue weighted by atomic mass is 9.96. The van der Waals surface area contributed by atoms with E-state index in [0.717, 1.165) is 16.3 Å². The first-order valence-corrected chi connectivity index (χ1v) is 8.51. The molecule has 4 heteroatoms. The number of benzene rings is 2. The number of aryl methyl sites for hydroxylation is 1. The van der Waals surface area contributed by atoms with Crippen LogP contribution in [0.5, 0.6) is 0 Å². The molecule has 2 N–H and O–H groups in total. The van der Waals surface area contributed by atoms with Gasteiger partial charge >= 0.3 is 6.03 Å². The second-order valence-corrected chi connectivity index (χ2v) is 6.54. The van der Waals surface area contributed by atoms with Crippen molar-refractivity contribution in [2.24, 2.45) is 0 Å². The Labute approximate surface area is 148 Å². The minimum Gasteiger partial charge on any atom is -0.336 e. The molecule has 0 aliphatic heterocycles. The van der Waals surface area contributed by atoms with Gasteiger partial charge in [0, 0.05) is 30.4 Å². The summed E-state index contributed by atoms with van der Waals surface area (Å²) < 4.78 is 0. The maximum atomic E-state index is 11.8. The third-order valence-electron chi connectivity index (χ3n) is 4.13. The molecule has 0 saturated carbocycles. The van der Waals surface area contributed by atoms with Gasteiger partial charge in [0.05, 0.1) is 0 Å². The third kappa shape index (κ3) is 3.97. The molecule has 0 radical (unpaired) electrons. The number of urea groups is 1. The van der Waals surface area contributed by atoms with E-state index in [4.69, 9.17) is 0 Å². The number of carbonyl (C=O) groups is 1. The predicted molar refractivity (Wildman–Crippen MR) is 102 cm³/mol. The predicted octanol–water partition coefficient (Wildman–Crippen LogP) is 4.42. The summed E-state index contributed by atoms with van der Waals surface area (Å²) in [5.74, 6) is 0. The lowest BCUT2D eigenvalue weighted by molar-refractivity contribution is 0.238. The van der Waals surface area contributed by atoms with Crippen LogP contribution in [0, 0.1) is 6.92 Å². The SMILES string of the molecule is Cc1ccc(-c2ccc(CNC(=O)NC(C)C)c3cnccc23)cc1. The Morgan fingerprint density at radius 1 is 1.04 bits per heavy atom. The van der Waals surface area contributed by atoms with E-state index in [1.54, 1.807) is 0 Å². The minimum absolute atomic E-state index is 0.113. The summed E-state index contributed by atoms with van der Waals surface area (Å²) in [6.45, 7) is 6.43. The highest BCUT2D eigenvalue weighted by Crippen LogP contribution is 2.30. The molecule has 3 rings (SSSR count). The molecule has 0 unspecified atom stereocenters. The van der Waals surface area contributed by atoms with Gasteiger partial charge in [-0.15, -0.1) is 0 Å². The molecule has 0 aliphatic rings. The lowest BCUT2D eigenvalue weighted by Crippen LogP contribution is -2.39. The first-order chi connectivity index (χ1) is 12.0. The second-order valence-electron chi connectivity index (χ2n) is 6.54. The number of hydrogen-bond acceptors (Lipinski definition) is 2. The number of fused-ring (bicyclic) bond motifs is 1. The van der Waals surface area contributed by atoms with Crippen LogP contribution in [0.3, 0.4) is 0 Å². The molecule has 0 saturated heterocycles. The van der Waals surface area contributed by atoms with Gasteiger partial charge in [-0.05, 0) is 48.9 Å². The molecule has 4 nitrogen and oxygen atoms in total. The Morgan fingerprint density at radius 2 is 1.80 bits per heavy atom. The van der Waals surface area contributed by atoms with E-state index in [1.165, 1.54) is 16.7 Å². The highest BCUT2D eigenvalue weighted by Gasteiger charge is 2.09. The van der Waals surface area contributed by atoms with Crippen LogP contribution in [-0.4, -0.2) is 17.1 Å². The number of rotatable bonds is 4. The zero-order valence-corrected chi connectivity index (χ0v) is 14.8. The highest BCUT2D eigenvalue weighted by atomic mass is 16.2. The Balaban J connectivity index is 1.93. The first-order valence-electron chi connectivity index (χ1n) is 8.51. The van der Waals surface area contributed by atoms with Gasteiger partial charge in [0.25, 0.3) is 0 Å². The molecule has 0 fully saturated rings. The van der Waals surface area contributed by atoms with E-state index in [1.807, 2.05) is 32.3 Å². The van der Waals surface area contributed by atoms with Gasteiger partial charge in [-0.3, -0.25) is 4.98 Å². The fraction of sp³-hybridized carbons (Fsp3) is 0.238. The normalized spacial score (nSPS) is 10.9. The van der Waals surface area contributed by atoms with Gasteiger partial charge in [0.15, 0.2) is 0 Å². The number of hydrogen-bond donors (Lipinski definition) is 2. The number of nitrogens with one attached hydrogen (secondary N) is 2. The summed E-state index contributed by atoms with van der Waals surface area (Å²) in [7, 11) is 0. The Morgan fingerprint density at radius 3 is 2.52 bits per heavy atom. The van der Waals surface area contributed by atoms with Crippen LogP contribution in [0.25, 0.3) is 21.9 Å². The lowest BCUT2D eigenvalue weighted by Gasteiger charge is -2.13. The monoisotopic (exact) mass is 333 g/mol. The zero-order chi connectivity index (χ0) is 17.8. The summed E-state index contributed by atoms with van der Waals surface area (Å²) in [5.41, 5.74) is 4.65. The van der Waals surface area contributed by atoms with Crippen molar-refractivity contribution in [3.05, 3.63) is 66.0 Å². The van der Waals surface area contributed by atoms with Crippen LogP contribution in [0.1, 0.15) is 25.0 Å². The highest BCUT2D eigenvalue weighted by molar-refractivity contribution is 5.98. The van der Waals surface area contributed by atoms with E-state index in [-0.39, 0.29) is 12.1 Å². The topological polar surface area (TPSA) is 54.0 Å². The molecular formula is C21H23N3O. The minimum atomic E-state index is -0.158. The molecule has 1 aromatic heterocycles. The van der Waals surface area contributed by atoms with Gasteiger partial charge in [-0.25, -0.2) is 4.79 Å². The van der Waals surface area contributed by atoms with Crippen LogP contribution < -0.4 is 10.6 Å². The summed E-state index contributed by atoms with van der Waals surface area (Å²) >= 11 is 0. The second kappa shape index (κ2) is 7.34. The molecule has 2 aromatic carbocycles. The number of amides is 2. The smallest absolute Gasteiger partial charge is 0.315 e. The van der Waals surface area contributed by atoms with E-state index < -0.39 is 0 Å². The van der Waals surface area contributed by atoms with Crippen molar-refractivity contribution in [1.82, 2.24) is 15.6 Å². The average molecular weight is 333 g/mol. The zero-order valence-electron chi connectivity index (χ0n) is 14.8. The Bertz CT molecular complexity index is 885. The third-order valence-corrected chi connectivity index (χ3v) is 4.13. The largest absolute Gasteiger partial charge is 0.336 e. The van der Waals surface area contributed by atoms with Crippen molar-refractivity contribution in [2.75, 3.05) is 0 Å². The summed E-state index contributed by atoms with van der Waals surface area (Å²) in [6, 6.07) is 14.7. The fourth-order valence-corrected chi connectivity index (χ4v) is 2.88. The molecule has 25 heavy (non-hydrogen) atoms. The van der Waals surface area contributed by atoms with Crippen molar-refractivity contribution < 1.29 is 4.79 Å². The van der Waals surface area contributed by atoms with E-state index in [2.05, 4.69) is 58.9 Å². The van der Waals surface area contributed by atoms with Crippen LogP contribution >= 0.6 is 0 Å². The van der Waals surface area contributed by atoms with Gasteiger partial charge < -0.3 is 10.6 Å². The van der Waals surface area contributed by atoms with Crippen LogP contribution in [0.4, 0.5) is 4.79 Å². The van der Waals surface area contributed by atoms with Crippen molar-refractivity contribution >= 4 is 16.8 Å². The average Bonchev–Trinajstić information content (AvgIpc) is 2.60. The van der Waals surface area contributed by atoms with Crippen LogP contribution in [0.2, 0.25) is 0 Å². The number of carbonyl (C=O) groups excluding carboxylic acids is 1. The Kier molecular flexibility index (Phi) is 4.98. The molecule has 0 atom stereocenters. The van der Waals surface area contributed by atoms with Crippen LogP contribution in [0.15, 0.2) is 54.9 Å². The van der Waals surface area contributed by atoms with Gasteiger partial charge in [0.2, 0.25) is 0 Å². The maximum absolute atomic E-state index is 11.8. The summed E-state index contributed by atoms with van der Waals surface area (Å²) in [5, 5.41) is 7.95. The molecule has 0 spiro atoms. The number of pyridine rings is 1.